The van der Waals surface area contributed by atoms with Crippen LogP contribution in [0.1, 0.15) is 55.6 Å². The van der Waals surface area contributed by atoms with E-state index >= 15 is 0 Å². The molecule has 0 heterocycles. The third kappa shape index (κ3) is 13.0. The number of nitriles is 2. The minimum Gasteiger partial charge on any atom is -0.479 e. The van der Waals surface area contributed by atoms with Crippen LogP contribution in [0.15, 0.2) is 218 Å². The van der Waals surface area contributed by atoms with E-state index in [1.807, 2.05) is 194 Å². The summed E-state index contributed by atoms with van der Waals surface area (Å²) < 4.78 is 57.4. The predicted molar refractivity (Wildman–Crippen MR) is 269 cm³/mol. The summed E-state index contributed by atoms with van der Waals surface area (Å²) in [4.78, 5) is 24.8. The Bertz CT molecular complexity index is 2930. The van der Waals surface area contributed by atoms with Gasteiger partial charge >= 0.3 is 11.9 Å². The average molecular weight is 977 g/mol. The van der Waals surface area contributed by atoms with Crippen molar-refractivity contribution >= 4 is 11.9 Å². The number of hydrogen-bond acceptors (Lipinski definition) is 9. The maximum Gasteiger partial charge on any atom is 0.337 e. The van der Waals surface area contributed by atoms with Gasteiger partial charge in [-0.15, -0.1) is 0 Å². The van der Waals surface area contributed by atoms with Crippen LogP contribution in [0, 0.1) is 34.3 Å². The number of aliphatic carboxylic acids is 1. The number of benzene rings is 8. The lowest BCUT2D eigenvalue weighted by atomic mass is 9.80. The van der Waals surface area contributed by atoms with Crippen molar-refractivity contribution < 1.29 is 47.2 Å². The summed E-state index contributed by atoms with van der Waals surface area (Å²) in [6.07, 6.45) is -2.44. The van der Waals surface area contributed by atoms with Crippen molar-refractivity contribution in [1.29, 1.82) is 10.5 Å². The van der Waals surface area contributed by atoms with Crippen LogP contribution < -0.4 is 0 Å². The number of hydrogen-bond donors (Lipinski definition) is 1. The molecule has 1 N–H and O–H groups in total. The highest BCUT2D eigenvalue weighted by atomic mass is 19.1. The van der Waals surface area contributed by atoms with Gasteiger partial charge in [0.25, 0.3) is 0 Å². The van der Waals surface area contributed by atoms with Crippen molar-refractivity contribution in [2.75, 3.05) is 20.3 Å². The van der Waals surface area contributed by atoms with Crippen molar-refractivity contribution in [1.82, 2.24) is 0 Å². The van der Waals surface area contributed by atoms with Gasteiger partial charge < -0.3 is 28.8 Å². The Labute approximate surface area is 422 Å². The first-order valence-corrected chi connectivity index (χ1v) is 23.1. The number of carboxylic acids is 1. The van der Waals surface area contributed by atoms with Crippen molar-refractivity contribution in [3.05, 3.63) is 286 Å². The lowest BCUT2D eigenvalue weighted by Gasteiger charge is -2.36. The molecule has 0 spiro atoms. The monoisotopic (exact) mass is 976 g/mol. The van der Waals surface area contributed by atoms with E-state index in [0.29, 0.717) is 11.1 Å². The zero-order valence-electron chi connectivity index (χ0n) is 39.7. The normalized spacial score (nSPS) is 12.0. The number of rotatable bonds is 20. The number of ether oxygens (including phenoxy) is 5. The lowest BCUT2D eigenvalue weighted by molar-refractivity contribution is -0.163. The summed E-state index contributed by atoms with van der Waals surface area (Å²) in [6.45, 7) is -0.730. The van der Waals surface area contributed by atoms with Gasteiger partial charge in [0, 0.05) is 0 Å². The second-order valence-corrected chi connectivity index (χ2v) is 16.6. The van der Waals surface area contributed by atoms with E-state index in [2.05, 4.69) is 0 Å². The Morgan fingerprint density at radius 2 is 0.767 bits per heavy atom. The zero-order valence-corrected chi connectivity index (χ0v) is 39.7. The Balaban J connectivity index is 0.000000214. The fourth-order valence-corrected chi connectivity index (χ4v) is 8.44. The van der Waals surface area contributed by atoms with Gasteiger partial charge in [0.05, 0.1) is 56.8 Å². The van der Waals surface area contributed by atoms with Crippen LogP contribution >= 0.6 is 0 Å². The smallest absolute Gasteiger partial charge is 0.337 e. The molecule has 0 unspecified atom stereocenters. The molecule has 8 aromatic rings. The molecule has 12 heteroatoms. The van der Waals surface area contributed by atoms with E-state index in [1.165, 1.54) is 31.4 Å². The molecular weight excluding hydrogens is 927 g/mol. The predicted octanol–water partition coefficient (Wildman–Crippen LogP) is 11.4. The molecule has 0 aliphatic rings. The first kappa shape index (κ1) is 52.2. The lowest BCUT2D eigenvalue weighted by Crippen LogP contribution is -2.39. The van der Waals surface area contributed by atoms with Crippen molar-refractivity contribution in [2.24, 2.45) is 0 Å². The molecule has 2 atom stereocenters. The molecule has 8 aromatic carbocycles. The van der Waals surface area contributed by atoms with E-state index in [9.17, 15) is 23.5 Å². The summed E-state index contributed by atoms with van der Waals surface area (Å²) in [5.41, 5.74) is 4.04. The zero-order chi connectivity index (χ0) is 51.5. The van der Waals surface area contributed by atoms with Crippen LogP contribution in [0.4, 0.5) is 8.78 Å². The van der Waals surface area contributed by atoms with Gasteiger partial charge in [0.2, 0.25) is 0 Å². The molecule has 0 aliphatic carbocycles. The molecule has 10 nitrogen and oxygen atoms in total. The van der Waals surface area contributed by atoms with Crippen molar-refractivity contribution in [3.8, 4) is 12.1 Å². The quantitative estimate of drug-likeness (QED) is 0.0578. The molecule has 73 heavy (non-hydrogen) atoms. The van der Waals surface area contributed by atoms with Crippen molar-refractivity contribution in [2.45, 2.75) is 36.6 Å². The van der Waals surface area contributed by atoms with E-state index in [0.717, 1.165) is 45.5 Å². The van der Waals surface area contributed by atoms with Crippen LogP contribution in [0.2, 0.25) is 0 Å². The number of halogens is 2. The first-order valence-electron chi connectivity index (χ1n) is 23.1. The largest absolute Gasteiger partial charge is 0.479 e. The summed E-state index contributed by atoms with van der Waals surface area (Å²) in [6, 6.07) is 69.5. The number of carbonyl (C=O) groups is 2. The summed E-state index contributed by atoms with van der Waals surface area (Å²) in [5, 5.41) is 28.1. The van der Waals surface area contributed by atoms with Crippen LogP contribution in [0.25, 0.3) is 0 Å². The fourth-order valence-electron chi connectivity index (χ4n) is 8.44. The number of carboxylic acid groups (broad SMARTS) is 1. The molecule has 0 saturated heterocycles. The van der Waals surface area contributed by atoms with Crippen LogP contribution in [0.5, 0.6) is 0 Å². The number of esters is 1. The highest BCUT2D eigenvalue weighted by molar-refractivity contribution is 5.74. The third-order valence-electron chi connectivity index (χ3n) is 11.8. The number of nitrogens with zero attached hydrogens (tertiary/aromatic N) is 2. The standard InChI is InChI=1S/C31H26FNO4.C30H24FNO4/c1-35-30(34)29(36-21-24-17-23(20-33)18-28(32)19-24)22-37-31(25-11-5-2-6-12-25,26-13-7-3-8-14-26)27-15-9-4-10-16-27;31-27-17-22(19-32)16-23(18-27)20-35-28(29(33)34)21-36-30(24-10-4-1-5-11-24,25-12-6-2-7-13-25)26-14-8-3-9-15-26/h2-19,29H,21-22H2,1H3;1-18,28H,20-21H2,(H,33,34)/t29-;28-/m00/s1. The van der Waals surface area contributed by atoms with E-state index in [1.54, 1.807) is 0 Å². The molecule has 0 amide bonds. The maximum atomic E-state index is 13.9. The Morgan fingerprint density at radius 3 is 1.04 bits per heavy atom. The molecule has 0 aliphatic heterocycles. The van der Waals surface area contributed by atoms with Crippen LogP contribution in [-0.2, 0) is 57.7 Å². The Morgan fingerprint density at radius 1 is 0.479 bits per heavy atom. The first-order chi connectivity index (χ1) is 35.6. The Hall–Kier alpha value is -8.62. The minimum atomic E-state index is -1.34. The van der Waals surface area contributed by atoms with E-state index in [-0.39, 0.29) is 37.6 Å². The summed E-state index contributed by atoms with van der Waals surface area (Å²) >= 11 is 0. The molecule has 0 radical (unpaired) electrons. The minimum absolute atomic E-state index is 0.107. The third-order valence-corrected chi connectivity index (χ3v) is 11.8. The molecule has 0 bridgehead atoms. The molecule has 366 valence electrons. The van der Waals surface area contributed by atoms with Gasteiger partial charge in [-0.05, 0) is 80.9 Å². The molecular formula is C61H50F2N2O8. The van der Waals surface area contributed by atoms with Gasteiger partial charge in [-0.25, -0.2) is 18.4 Å². The molecule has 8 rings (SSSR count). The summed E-state index contributed by atoms with van der Waals surface area (Å²) in [7, 11) is 1.27. The van der Waals surface area contributed by atoms with Gasteiger partial charge in [-0.2, -0.15) is 10.5 Å². The average Bonchev–Trinajstić information content (AvgIpc) is 3.44. The van der Waals surface area contributed by atoms with Crippen LogP contribution in [0.3, 0.4) is 0 Å². The SMILES string of the molecule is COC(=O)[C@H](COC(c1ccccc1)(c1ccccc1)c1ccccc1)OCc1cc(F)cc(C#N)c1.N#Cc1cc(F)cc(CO[C@@H](COC(c2ccccc2)(c2ccccc2)c2ccccc2)C(=O)O)c1. The molecule has 0 saturated carbocycles. The maximum absolute atomic E-state index is 13.9. The second kappa shape index (κ2) is 25.5. The number of methoxy groups -OCH3 is 1. The number of carbonyl (C=O) groups excluding carboxylic acids is 1. The van der Waals surface area contributed by atoms with Gasteiger partial charge in [-0.3, -0.25) is 0 Å². The van der Waals surface area contributed by atoms with Gasteiger partial charge in [0.1, 0.15) is 22.8 Å². The summed E-state index contributed by atoms with van der Waals surface area (Å²) in [5.74, 6) is -2.98. The fraction of sp³-hybridized carbons (Fsp3) is 0.148. The molecule has 0 aromatic heterocycles. The molecule has 0 fully saturated rings. The second-order valence-electron chi connectivity index (χ2n) is 16.6. The highest BCUT2D eigenvalue weighted by Gasteiger charge is 2.40. The van der Waals surface area contributed by atoms with E-state index in [4.69, 9.17) is 34.2 Å². The van der Waals surface area contributed by atoms with Gasteiger partial charge in [0.15, 0.2) is 12.2 Å². The van der Waals surface area contributed by atoms with E-state index < -0.39 is 47.0 Å². The topological polar surface area (TPSA) is 148 Å². The Kier molecular flexibility index (Phi) is 18.2. The van der Waals surface area contributed by atoms with Crippen molar-refractivity contribution in [3.63, 3.8) is 0 Å². The highest BCUT2D eigenvalue weighted by Crippen LogP contribution is 2.42. The van der Waals surface area contributed by atoms with Crippen LogP contribution in [-0.4, -0.2) is 49.6 Å². The van der Waals surface area contributed by atoms with Gasteiger partial charge in [-0.1, -0.05) is 182 Å².